The van der Waals surface area contributed by atoms with Crippen molar-refractivity contribution in [1.82, 2.24) is 16.0 Å². The van der Waals surface area contributed by atoms with Crippen LogP contribution in [0.2, 0.25) is 0 Å². The van der Waals surface area contributed by atoms with Gasteiger partial charge in [0.15, 0.2) is 0 Å². The Kier molecular flexibility index (Phi) is 10.1. The highest BCUT2D eigenvalue weighted by atomic mass is 16.5. The van der Waals surface area contributed by atoms with E-state index in [1.807, 2.05) is 62.4 Å². The van der Waals surface area contributed by atoms with E-state index in [-0.39, 0.29) is 18.9 Å². The van der Waals surface area contributed by atoms with E-state index in [0.29, 0.717) is 6.42 Å². The van der Waals surface area contributed by atoms with Crippen LogP contribution in [0, 0.1) is 5.92 Å². The van der Waals surface area contributed by atoms with Crippen LogP contribution < -0.4 is 16.0 Å². The van der Waals surface area contributed by atoms with E-state index in [0.717, 1.165) is 11.1 Å². The summed E-state index contributed by atoms with van der Waals surface area (Å²) in [6.07, 6.45) is -0.263. The first-order chi connectivity index (χ1) is 15.8. The lowest BCUT2D eigenvalue weighted by Crippen LogP contribution is -2.54. The molecule has 0 fully saturated rings. The van der Waals surface area contributed by atoms with Crippen molar-refractivity contribution in [2.45, 2.75) is 45.4 Å². The molecular weight excluding hydrogens is 422 g/mol. The topological polar surface area (TPSA) is 114 Å². The van der Waals surface area contributed by atoms with E-state index < -0.39 is 35.8 Å². The minimum Gasteiger partial charge on any atom is -0.445 e. The molecule has 176 valence electrons. The van der Waals surface area contributed by atoms with Crippen LogP contribution in [0.15, 0.2) is 60.7 Å². The van der Waals surface area contributed by atoms with E-state index in [1.165, 1.54) is 7.05 Å². The molecule has 0 aliphatic rings. The Balaban J connectivity index is 2.09. The molecule has 0 saturated heterocycles. The summed E-state index contributed by atoms with van der Waals surface area (Å²) in [6, 6.07) is 16.2. The number of rotatable bonds is 11. The number of ketones is 1. The Hall–Kier alpha value is -3.68. The minimum absolute atomic E-state index is 0.0640. The number of carbonyl (C=O) groups is 4. The molecule has 8 nitrogen and oxygen atoms in total. The summed E-state index contributed by atoms with van der Waals surface area (Å²) in [5.74, 6) is -2.03. The summed E-state index contributed by atoms with van der Waals surface area (Å²) in [4.78, 5) is 49.9. The number of alkyl carbamates (subject to hydrolysis) is 1. The Morgan fingerprint density at radius 2 is 1.39 bits per heavy atom. The molecular formula is C25H31N3O5. The molecule has 0 radical (unpaired) electrons. The van der Waals surface area contributed by atoms with E-state index in [4.69, 9.17) is 4.74 Å². The van der Waals surface area contributed by atoms with Crippen molar-refractivity contribution >= 4 is 23.7 Å². The molecule has 2 aromatic rings. The lowest BCUT2D eigenvalue weighted by molar-refractivity contribution is -0.140. The van der Waals surface area contributed by atoms with Crippen molar-refractivity contribution < 1.29 is 23.9 Å². The number of nitrogens with one attached hydrogen (secondary N) is 3. The van der Waals surface area contributed by atoms with Crippen LogP contribution in [0.3, 0.4) is 0 Å². The molecule has 0 bridgehead atoms. The maximum absolute atomic E-state index is 13.0. The number of likely N-dealkylation sites (N-methyl/N-ethyl adjacent to an activating group) is 1. The molecule has 2 unspecified atom stereocenters. The molecule has 0 aliphatic heterocycles. The van der Waals surface area contributed by atoms with Gasteiger partial charge >= 0.3 is 6.09 Å². The average molecular weight is 454 g/mol. The van der Waals surface area contributed by atoms with Gasteiger partial charge in [0, 0.05) is 13.5 Å². The van der Waals surface area contributed by atoms with Gasteiger partial charge in [0.25, 0.3) is 5.91 Å². The van der Waals surface area contributed by atoms with E-state index >= 15 is 0 Å². The van der Waals surface area contributed by atoms with Gasteiger partial charge in [-0.3, -0.25) is 14.4 Å². The molecule has 3 N–H and O–H groups in total. The van der Waals surface area contributed by atoms with Crippen molar-refractivity contribution in [3.8, 4) is 0 Å². The monoisotopic (exact) mass is 453 g/mol. The van der Waals surface area contributed by atoms with E-state index in [2.05, 4.69) is 16.0 Å². The fraction of sp³-hybridized carbons (Fsp3) is 0.360. The average Bonchev–Trinajstić information content (AvgIpc) is 2.82. The first-order valence-electron chi connectivity index (χ1n) is 10.9. The fourth-order valence-electron chi connectivity index (χ4n) is 3.22. The predicted molar refractivity (Wildman–Crippen MR) is 124 cm³/mol. The van der Waals surface area contributed by atoms with Crippen LogP contribution in [0.5, 0.6) is 0 Å². The first-order valence-corrected chi connectivity index (χ1v) is 10.9. The number of benzene rings is 2. The molecule has 8 heteroatoms. The summed E-state index contributed by atoms with van der Waals surface area (Å²) >= 11 is 0. The smallest absolute Gasteiger partial charge is 0.408 e. The van der Waals surface area contributed by atoms with Gasteiger partial charge in [-0.05, 0) is 23.5 Å². The number of carbonyl (C=O) groups excluding carboxylic acids is 4. The van der Waals surface area contributed by atoms with Gasteiger partial charge < -0.3 is 20.7 Å². The second-order valence-electron chi connectivity index (χ2n) is 8.08. The molecule has 2 aromatic carbocycles. The quantitative estimate of drug-likeness (QED) is 0.452. The maximum atomic E-state index is 13.0. The molecule has 0 saturated carbocycles. The zero-order valence-corrected chi connectivity index (χ0v) is 19.2. The number of amides is 3. The number of Topliss-reactive ketones (excluding diaryl/α,β-unsaturated/α-hetero) is 1. The van der Waals surface area contributed by atoms with Crippen LogP contribution in [0.1, 0.15) is 31.4 Å². The van der Waals surface area contributed by atoms with Crippen molar-refractivity contribution in [1.29, 1.82) is 0 Å². The Morgan fingerprint density at radius 3 is 1.94 bits per heavy atom. The second kappa shape index (κ2) is 13.0. The van der Waals surface area contributed by atoms with Gasteiger partial charge in [0.2, 0.25) is 11.7 Å². The lowest BCUT2D eigenvalue weighted by atomic mass is 9.99. The van der Waals surface area contributed by atoms with Gasteiger partial charge in [-0.25, -0.2) is 4.79 Å². The summed E-state index contributed by atoms with van der Waals surface area (Å²) < 4.78 is 5.23. The van der Waals surface area contributed by atoms with Crippen molar-refractivity contribution in [2.75, 3.05) is 7.05 Å². The largest absolute Gasteiger partial charge is 0.445 e. The van der Waals surface area contributed by atoms with Gasteiger partial charge in [-0.1, -0.05) is 74.5 Å². The lowest BCUT2D eigenvalue weighted by Gasteiger charge is -2.23. The van der Waals surface area contributed by atoms with Crippen LogP contribution in [-0.4, -0.2) is 42.8 Å². The van der Waals surface area contributed by atoms with Crippen molar-refractivity contribution in [3.05, 3.63) is 71.8 Å². The zero-order valence-electron chi connectivity index (χ0n) is 19.2. The third-order valence-corrected chi connectivity index (χ3v) is 4.89. The Bertz CT molecular complexity index is 932. The fourth-order valence-corrected chi connectivity index (χ4v) is 3.22. The number of hydrogen-bond donors (Lipinski definition) is 3. The van der Waals surface area contributed by atoms with E-state index in [1.54, 1.807) is 12.1 Å². The molecule has 3 amide bonds. The molecule has 0 aliphatic carbocycles. The predicted octanol–water partition coefficient (Wildman–Crippen LogP) is 2.37. The Labute approximate surface area is 194 Å². The number of hydrogen-bond acceptors (Lipinski definition) is 5. The van der Waals surface area contributed by atoms with Crippen LogP contribution in [-0.2, 0) is 32.1 Å². The minimum atomic E-state index is -1.07. The summed E-state index contributed by atoms with van der Waals surface area (Å²) in [5, 5.41) is 7.53. The maximum Gasteiger partial charge on any atom is 0.408 e. The summed E-state index contributed by atoms with van der Waals surface area (Å²) in [7, 11) is 1.35. The normalized spacial score (nSPS) is 12.4. The second-order valence-corrected chi connectivity index (χ2v) is 8.08. The summed E-state index contributed by atoms with van der Waals surface area (Å²) in [6.45, 7) is 3.89. The van der Waals surface area contributed by atoms with E-state index in [9.17, 15) is 19.2 Å². The third-order valence-electron chi connectivity index (χ3n) is 4.89. The van der Waals surface area contributed by atoms with Crippen molar-refractivity contribution in [3.63, 3.8) is 0 Å². The van der Waals surface area contributed by atoms with Crippen LogP contribution >= 0.6 is 0 Å². The highest BCUT2D eigenvalue weighted by Gasteiger charge is 2.30. The SMILES string of the molecule is CNC(=O)C(=O)C(Cc1ccccc1)NC(=O)C(CC(C)C)NC(=O)OCc1ccccc1. The molecule has 33 heavy (non-hydrogen) atoms. The molecule has 0 spiro atoms. The van der Waals surface area contributed by atoms with Gasteiger partial charge in [0.1, 0.15) is 18.7 Å². The van der Waals surface area contributed by atoms with Gasteiger partial charge in [0.05, 0.1) is 0 Å². The molecule has 2 rings (SSSR count). The number of ether oxygens (including phenoxy) is 1. The summed E-state index contributed by atoms with van der Waals surface area (Å²) in [5.41, 5.74) is 1.60. The first kappa shape index (κ1) is 25.6. The third kappa shape index (κ3) is 8.76. The molecule has 0 heterocycles. The zero-order chi connectivity index (χ0) is 24.2. The molecule has 2 atom stereocenters. The van der Waals surface area contributed by atoms with Gasteiger partial charge in [-0.2, -0.15) is 0 Å². The Morgan fingerprint density at radius 1 is 0.818 bits per heavy atom. The van der Waals surface area contributed by atoms with Crippen LogP contribution in [0.25, 0.3) is 0 Å². The highest BCUT2D eigenvalue weighted by Crippen LogP contribution is 2.09. The molecule has 0 aromatic heterocycles. The highest BCUT2D eigenvalue weighted by molar-refractivity contribution is 6.38. The van der Waals surface area contributed by atoms with Crippen molar-refractivity contribution in [2.24, 2.45) is 5.92 Å². The van der Waals surface area contributed by atoms with Gasteiger partial charge in [-0.15, -0.1) is 0 Å². The van der Waals surface area contributed by atoms with Crippen LogP contribution in [0.4, 0.5) is 4.79 Å². The standard InChI is InChI=1S/C25H31N3O5/c1-17(2)14-21(28-25(32)33-16-19-12-8-5-9-13-19)23(30)27-20(22(29)24(31)26-3)15-18-10-6-4-7-11-18/h4-13,17,20-21H,14-16H2,1-3H3,(H,26,31)(H,27,30)(H,28,32).